The van der Waals surface area contributed by atoms with Crippen LogP contribution >= 0.6 is 0 Å². The fourth-order valence-electron chi connectivity index (χ4n) is 1.65. The third-order valence-corrected chi connectivity index (χ3v) is 2.46. The number of methoxy groups -OCH3 is 1. The zero-order valence-corrected chi connectivity index (χ0v) is 10.8. The van der Waals surface area contributed by atoms with Crippen LogP contribution in [0.2, 0.25) is 0 Å². The van der Waals surface area contributed by atoms with Crippen molar-refractivity contribution in [2.45, 2.75) is 6.92 Å². The number of carbonyl (C=O) groups is 1. The van der Waals surface area contributed by atoms with Crippen molar-refractivity contribution in [3.63, 3.8) is 0 Å². The van der Waals surface area contributed by atoms with E-state index in [1.165, 1.54) is 6.92 Å². The van der Waals surface area contributed by atoms with Crippen LogP contribution in [0.1, 0.15) is 6.92 Å². The summed E-state index contributed by atoms with van der Waals surface area (Å²) >= 11 is 0. The Balaban J connectivity index is 2.23. The fourth-order valence-corrected chi connectivity index (χ4v) is 1.65. The van der Waals surface area contributed by atoms with Crippen LogP contribution in [-0.2, 0) is 4.79 Å². The number of hydrogen-bond acceptors (Lipinski definition) is 3. The highest BCUT2D eigenvalue weighted by molar-refractivity contribution is 5.89. The molecule has 2 rings (SSSR count). The first-order chi connectivity index (χ1) is 9.19. The predicted molar refractivity (Wildman–Crippen MR) is 73.8 cm³/mol. The second-order valence-corrected chi connectivity index (χ2v) is 3.96. The molecule has 2 aromatic rings. The van der Waals surface area contributed by atoms with E-state index < -0.39 is 0 Å². The number of carbonyl (C=O) groups excluding carboxylic acids is 1. The first-order valence-electron chi connectivity index (χ1n) is 5.87. The van der Waals surface area contributed by atoms with Gasteiger partial charge >= 0.3 is 0 Å². The molecule has 0 atom stereocenters. The van der Waals surface area contributed by atoms with Crippen molar-refractivity contribution in [1.29, 1.82) is 0 Å². The number of benzene rings is 2. The van der Waals surface area contributed by atoms with E-state index in [2.05, 4.69) is 5.32 Å². The number of anilines is 1. The molecule has 0 spiro atoms. The topological polar surface area (TPSA) is 47.6 Å². The summed E-state index contributed by atoms with van der Waals surface area (Å²) in [5.41, 5.74) is 0.671. The Hall–Kier alpha value is -2.49. The van der Waals surface area contributed by atoms with Gasteiger partial charge in [-0.15, -0.1) is 0 Å². The van der Waals surface area contributed by atoms with Crippen LogP contribution in [0.15, 0.2) is 48.5 Å². The van der Waals surface area contributed by atoms with Crippen LogP contribution in [-0.4, -0.2) is 13.0 Å². The zero-order valence-electron chi connectivity index (χ0n) is 10.8. The Morgan fingerprint density at radius 2 is 1.79 bits per heavy atom. The van der Waals surface area contributed by atoms with Crippen LogP contribution in [0.4, 0.5) is 5.69 Å². The minimum absolute atomic E-state index is 0.126. The van der Waals surface area contributed by atoms with Crippen LogP contribution in [0.5, 0.6) is 17.2 Å². The molecule has 1 N–H and O–H groups in total. The third-order valence-electron chi connectivity index (χ3n) is 2.46. The van der Waals surface area contributed by atoms with Crippen molar-refractivity contribution in [1.82, 2.24) is 0 Å². The second-order valence-electron chi connectivity index (χ2n) is 3.96. The number of hydrogen-bond donors (Lipinski definition) is 1. The van der Waals surface area contributed by atoms with Crippen molar-refractivity contribution in [3.8, 4) is 17.2 Å². The van der Waals surface area contributed by atoms with Gasteiger partial charge in [-0.05, 0) is 24.3 Å². The first-order valence-corrected chi connectivity index (χ1v) is 5.87. The number of nitrogens with one attached hydrogen (secondary N) is 1. The molecule has 0 aliphatic rings. The number of amides is 1. The standard InChI is InChI=1S/C15H15NO3/c1-11(17)16-12-8-9-14(15(10-12)18-2)19-13-6-4-3-5-7-13/h3-10H,1-2H3,(H,16,17). The molecule has 0 radical (unpaired) electrons. The largest absolute Gasteiger partial charge is 0.493 e. The van der Waals surface area contributed by atoms with Crippen LogP contribution < -0.4 is 14.8 Å². The molecule has 1 amide bonds. The normalized spacial score (nSPS) is 9.79. The number of para-hydroxylation sites is 1. The zero-order chi connectivity index (χ0) is 13.7. The average Bonchev–Trinajstić information content (AvgIpc) is 2.41. The lowest BCUT2D eigenvalue weighted by Gasteiger charge is -2.12. The molecule has 0 fully saturated rings. The van der Waals surface area contributed by atoms with Crippen molar-refractivity contribution < 1.29 is 14.3 Å². The molecule has 2 aromatic carbocycles. The Morgan fingerprint density at radius 1 is 1.05 bits per heavy atom. The lowest BCUT2D eigenvalue weighted by Crippen LogP contribution is -2.05. The van der Waals surface area contributed by atoms with E-state index in [9.17, 15) is 4.79 Å². The van der Waals surface area contributed by atoms with Crippen LogP contribution in [0.25, 0.3) is 0 Å². The molecule has 4 heteroatoms. The van der Waals surface area contributed by atoms with Gasteiger partial charge < -0.3 is 14.8 Å². The first kappa shape index (κ1) is 13.0. The average molecular weight is 257 g/mol. The van der Waals surface area contributed by atoms with Gasteiger partial charge in [-0.25, -0.2) is 0 Å². The highest BCUT2D eigenvalue weighted by atomic mass is 16.5. The Morgan fingerprint density at radius 3 is 2.42 bits per heavy atom. The minimum atomic E-state index is -0.126. The summed E-state index contributed by atoms with van der Waals surface area (Å²) in [6.07, 6.45) is 0. The van der Waals surface area contributed by atoms with Crippen molar-refractivity contribution in [2.24, 2.45) is 0 Å². The van der Waals surface area contributed by atoms with Crippen molar-refractivity contribution in [3.05, 3.63) is 48.5 Å². The molecule has 0 aliphatic heterocycles. The molecular weight excluding hydrogens is 242 g/mol. The molecule has 0 saturated heterocycles. The van der Waals surface area contributed by atoms with E-state index in [4.69, 9.17) is 9.47 Å². The summed E-state index contributed by atoms with van der Waals surface area (Å²) in [4.78, 5) is 11.0. The maximum absolute atomic E-state index is 11.0. The van der Waals surface area contributed by atoms with E-state index in [0.717, 1.165) is 5.75 Å². The monoisotopic (exact) mass is 257 g/mol. The fraction of sp³-hybridized carbons (Fsp3) is 0.133. The second kappa shape index (κ2) is 5.91. The Bertz CT molecular complexity index is 567. The number of ether oxygens (including phenoxy) is 2. The summed E-state index contributed by atoms with van der Waals surface area (Å²) in [6.45, 7) is 1.46. The van der Waals surface area contributed by atoms with Gasteiger partial charge in [0.2, 0.25) is 5.91 Å². The quantitative estimate of drug-likeness (QED) is 0.912. The number of rotatable bonds is 4. The molecule has 0 aliphatic carbocycles. The van der Waals surface area contributed by atoms with Gasteiger partial charge in [0.1, 0.15) is 5.75 Å². The van der Waals surface area contributed by atoms with Crippen LogP contribution in [0, 0.1) is 0 Å². The molecule has 4 nitrogen and oxygen atoms in total. The summed E-state index contributed by atoms with van der Waals surface area (Å²) in [6, 6.07) is 14.7. The highest BCUT2D eigenvalue weighted by Crippen LogP contribution is 2.33. The summed E-state index contributed by atoms with van der Waals surface area (Å²) in [7, 11) is 1.56. The Kier molecular flexibility index (Phi) is 4.03. The molecule has 0 aromatic heterocycles. The lowest BCUT2D eigenvalue weighted by atomic mass is 10.2. The summed E-state index contributed by atoms with van der Waals surface area (Å²) in [5, 5.41) is 2.70. The molecule has 0 bridgehead atoms. The molecule has 0 saturated carbocycles. The van der Waals surface area contributed by atoms with Crippen molar-refractivity contribution in [2.75, 3.05) is 12.4 Å². The van der Waals surface area contributed by atoms with Gasteiger partial charge in [-0.2, -0.15) is 0 Å². The van der Waals surface area contributed by atoms with E-state index in [1.54, 1.807) is 25.3 Å². The van der Waals surface area contributed by atoms with Gasteiger partial charge in [0, 0.05) is 18.7 Å². The molecule has 19 heavy (non-hydrogen) atoms. The third kappa shape index (κ3) is 3.48. The van der Waals surface area contributed by atoms with Gasteiger partial charge in [0.25, 0.3) is 0 Å². The van der Waals surface area contributed by atoms with Gasteiger partial charge in [-0.1, -0.05) is 18.2 Å². The molecule has 0 heterocycles. The SMILES string of the molecule is COc1cc(NC(C)=O)ccc1Oc1ccccc1. The molecule has 98 valence electrons. The lowest BCUT2D eigenvalue weighted by molar-refractivity contribution is -0.114. The molecule has 0 unspecified atom stereocenters. The van der Waals surface area contributed by atoms with Gasteiger partial charge in [-0.3, -0.25) is 4.79 Å². The summed E-state index contributed by atoms with van der Waals surface area (Å²) < 4.78 is 11.0. The Labute approximate surface area is 112 Å². The minimum Gasteiger partial charge on any atom is -0.493 e. The van der Waals surface area contributed by atoms with E-state index in [0.29, 0.717) is 17.2 Å². The molecular formula is C15H15NO3. The van der Waals surface area contributed by atoms with E-state index in [-0.39, 0.29) is 5.91 Å². The maximum atomic E-state index is 11.0. The smallest absolute Gasteiger partial charge is 0.221 e. The van der Waals surface area contributed by atoms with E-state index in [1.807, 2.05) is 30.3 Å². The predicted octanol–water partition coefficient (Wildman–Crippen LogP) is 3.45. The van der Waals surface area contributed by atoms with Crippen molar-refractivity contribution >= 4 is 11.6 Å². The van der Waals surface area contributed by atoms with Crippen LogP contribution in [0.3, 0.4) is 0 Å². The maximum Gasteiger partial charge on any atom is 0.221 e. The van der Waals surface area contributed by atoms with E-state index >= 15 is 0 Å². The van der Waals surface area contributed by atoms with Gasteiger partial charge in [0.05, 0.1) is 7.11 Å². The van der Waals surface area contributed by atoms with Gasteiger partial charge in [0.15, 0.2) is 11.5 Å². The highest BCUT2D eigenvalue weighted by Gasteiger charge is 2.07. The summed E-state index contributed by atoms with van der Waals surface area (Å²) in [5.74, 6) is 1.77.